The van der Waals surface area contributed by atoms with Crippen LogP contribution in [0, 0.1) is 6.92 Å². The number of hydrogen-bond donors (Lipinski definition) is 0. The van der Waals surface area contributed by atoms with E-state index in [1.165, 1.54) is 11.1 Å². The van der Waals surface area contributed by atoms with E-state index in [-0.39, 0.29) is 0 Å². The van der Waals surface area contributed by atoms with Crippen molar-refractivity contribution in [3.8, 4) is 0 Å². The number of benzene rings is 1. The van der Waals surface area contributed by atoms with Gasteiger partial charge in [0, 0.05) is 0 Å². The third kappa shape index (κ3) is 11.9. The number of rotatable bonds is 1. The van der Waals surface area contributed by atoms with Crippen LogP contribution in [-0.4, -0.2) is 4.93 Å². The van der Waals surface area contributed by atoms with Crippen LogP contribution in [0.25, 0.3) is 0 Å². The van der Waals surface area contributed by atoms with Gasteiger partial charge in [-0.3, -0.25) is 0 Å². The molecule has 0 amide bonds. The molecule has 0 N–H and O–H groups in total. The van der Waals surface area contributed by atoms with Crippen LogP contribution in [0.5, 0.6) is 0 Å². The van der Waals surface area contributed by atoms with Crippen LogP contribution < -0.4 is 0 Å². The second-order valence-electron chi connectivity index (χ2n) is 2.28. The highest BCUT2D eigenvalue weighted by molar-refractivity contribution is 14.1. The molecule has 0 saturated carbocycles. The first-order valence-electron chi connectivity index (χ1n) is 5.77. The van der Waals surface area contributed by atoms with Crippen molar-refractivity contribution in [2.45, 2.75) is 48.0 Å². The average molecular weight is 322 g/mol. The van der Waals surface area contributed by atoms with Crippen LogP contribution in [0.15, 0.2) is 24.3 Å². The van der Waals surface area contributed by atoms with E-state index < -0.39 is 0 Å². The highest BCUT2D eigenvalue weighted by atomic mass is 127. The zero-order chi connectivity index (χ0) is 12.7. The molecule has 0 aliphatic carbocycles. The molecule has 0 heterocycles. The molecule has 0 fully saturated rings. The molecule has 0 aliphatic rings. The van der Waals surface area contributed by atoms with Crippen molar-refractivity contribution in [1.29, 1.82) is 0 Å². The van der Waals surface area contributed by atoms with Crippen molar-refractivity contribution < 1.29 is 0 Å². The van der Waals surface area contributed by atoms with E-state index in [4.69, 9.17) is 0 Å². The molecule has 0 unspecified atom stereocenters. The predicted molar refractivity (Wildman–Crippen MR) is 83.2 cm³/mol. The molecular formula is C14H27I. The Labute approximate surface area is 111 Å². The Bertz CT molecular complexity index is 194. The molecule has 0 bridgehead atoms. The van der Waals surface area contributed by atoms with Crippen LogP contribution in [0.2, 0.25) is 0 Å². The van der Waals surface area contributed by atoms with E-state index in [0.717, 1.165) is 6.42 Å². The summed E-state index contributed by atoms with van der Waals surface area (Å²) in [6.07, 6.45) is 1.15. The van der Waals surface area contributed by atoms with Crippen molar-refractivity contribution in [3.63, 3.8) is 0 Å². The Morgan fingerprint density at radius 3 is 1.60 bits per heavy atom. The monoisotopic (exact) mass is 322 g/mol. The van der Waals surface area contributed by atoms with Gasteiger partial charge in [0.05, 0.1) is 0 Å². The minimum atomic E-state index is 1.15. The zero-order valence-corrected chi connectivity index (χ0v) is 13.6. The van der Waals surface area contributed by atoms with Crippen LogP contribution >= 0.6 is 22.6 Å². The number of aryl methyl sites for hydroxylation is 2. The first-order chi connectivity index (χ1) is 7.34. The molecule has 15 heavy (non-hydrogen) atoms. The Hall–Kier alpha value is -0.0500. The van der Waals surface area contributed by atoms with Gasteiger partial charge >= 0.3 is 0 Å². The quantitative estimate of drug-likeness (QED) is 0.462. The van der Waals surface area contributed by atoms with Crippen molar-refractivity contribution in [3.05, 3.63) is 35.4 Å². The summed E-state index contributed by atoms with van der Waals surface area (Å²) >= 11 is 2.15. The molecule has 0 spiro atoms. The van der Waals surface area contributed by atoms with Crippen molar-refractivity contribution >= 4 is 22.6 Å². The van der Waals surface area contributed by atoms with E-state index >= 15 is 0 Å². The number of alkyl halides is 1. The van der Waals surface area contributed by atoms with E-state index in [1.807, 2.05) is 32.6 Å². The summed E-state index contributed by atoms with van der Waals surface area (Å²) in [5.41, 5.74) is 2.86. The van der Waals surface area contributed by atoms with Crippen LogP contribution in [0.4, 0.5) is 0 Å². The van der Waals surface area contributed by atoms with Crippen LogP contribution in [-0.2, 0) is 6.42 Å². The van der Waals surface area contributed by atoms with E-state index in [9.17, 15) is 0 Å². The normalized spacial score (nSPS) is 6.93. The standard InChI is InChI=1S/C9H12.2C2H6.CH3I/c1-3-9-7-5-4-6-8(9)2;3*1-2/h4-7H,3H2,1-2H3;2*1-2H3;1H3. The summed E-state index contributed by atoms with van der Waals surface area (Å²) in [7, 11) is 0. The predicted octanol–water partition coefficient (Wildman–Crippen LogP) is 5.66. The summed E-state index contributed by atoms with van der Waals surface area (Å²) in [4.78, 5) is 1.97. The maximum absolute atomic E-state index is 2.18. The van der Waals surface area contributed by atoms with E-state index in [2.05, 4.69) is 60.7 Å². The molecule has 0 atom stereocenters. The number of hydrogen-bond acceptors (Lipinski definition) is 0. The van der Waals surface area contributed by atoms with Gasteiger partial charge in [0.1, 0.15) is 0 Å². The fourth-order valence-electron chi connectivity index (χ4n) is 1.01. The second-order valence-corrected chi connectivity index (χ2v) is 2.28. The maximum Gasteiger partial charge on any atom is -0.0121 e. The van der Waals surface area contributed by atoms with Crippen molar-refractivity contribution in [2.24, 2.45) is 0 Å². The smallest absolute Gasteiger partial charge is 0.0121 e. The van der Waals surface area contributed by atoms with Crippen molar-refractivity contribution in [1.82, 2.24) is 0 Å². The summed E-state index contributed by atoms with van der Waals surface area (Å²) in [6.45, 7) is 12.3. The Morgan fingerprint density at radius 1 is 0.933 bits per heavy atom. The van der Waals surface area contributed by atoms with Gasteiger partial charge < -0.3 is 0 Å². The second kappa shape index (κ2) is 19.5. The fraction of sp³-hybridized carbons (Fsp3) is 0.571. The summed E-state index contributed by atoms with van der Waals surface area (Å²) in [5.74, 6) is 0. The molecule has 0 aliphatic heterocycles. The third-order valence-corrected chi connectivity index (χ3v) is 1.64. The van der Waals surface area contributed by atoms with Gasteiger partial charge in [-0.1, -0.05) is 81.5 Å². The minimum absolute atomic E-state index is 1.15. The molecule has 1 rings (SSSR count). The lowest BCUT2D eigenvalue weighted by Gasteiger charge is -1.98. The Balaban J connectivity index is -0.000000208. The van der Waals surface area contributed by atoms with Crippen molar-refractivity contribution in [2.75, 3.05) is 4.93 Å². The molecule has 90 valence electrons. The molecular weight excluding hydrogens is 295 g/mol. The lowest BCUT2D eigenvalue weighted by atomic mass is 10.1. The van der Waals surface area contributed by atoms with Gasteiger partial charge in [-0.05, 0) is 29.4 Å². The Morgan fingerprint density at radius 2 is 1.33 bits per heavy atom. The molecule has 0 saturated heterocycles. The first-order valence-corrected chi connectivity index (χ1v) is 7.92. The molecule has 0 nitrogen and oxygen atoms in total. The van der Waals surface area contributed by atoms with Crippen LogP contribution in [0.1, 0.15) is 45.7 Å². The summed E-state index contributed by atoms with van der Waals surface area (Å²) in [6, 6.07) is 8.49. The van der Waals surface area contributed by atoms with Gasteiger partial charge in [-0.2, -0.15) is 0 Å². The molecule has 0 aromatic heterocycles. The number of halogens is 1. The lowest BCUT2D eigenvalue weighted by molar-refractivity contribution is 1.11. The largest absolute Gasteiger partial charge is 0.0901 e. The molecule has 1 aromatic rings. The van der Waals surface area contributed by atoms with Crippen LogP contribution in [0.3, 0.4) is 0 Å². The van der Waals surface area contributed by atoms with E-state index in [0.29, 0.717) is 0 Å². The summed E-state index contributed by atoms with van der Waals surface area (Å²) < 4.78 is 0. The maximum atomic E-state index is 2.18. The molecule has 0 radical (unpaired) electrons. The minimum Gasteiger partial charge on any atom is -0.0901 e. The Kier molecular flexibility index (Phi) is 26.5. The average Bonchev–Trinajstić information content (AvgIpc) is 2.37. The molecule has 1 heteroatoms. The third-order valence-electron chi connectivity index (χ3n) is 1.64. The SMILES string of the molecule is CC.CC.CCc1ccccc1C.CI. The van der Waals surface area contributed by atoms with Gasteiger partial charge in [0.15, 0.2) is 0 Å². The van der Waals surface area contributed by atoms with Gasteiger partial charge in [-0.15, -0.1) is 0 Å². The first kappa shape index (κ1) is 20.4. The van der Waals surface area contributed by atoms with Gasteiger partial charge in [0.2, 0.25) is 0 Å². The summed E-state index contributed by atoms with van der Waals surface area (Å²) in [5, 5.41) is 0. The highest BCUT2D eigenvalue weighted by Gasteiger charge is 1.89. The fourth-order valence-corrected chi connectivity index (χ4v) is 1.01. The van der Waals surface area contributed by atoms with E-state index in [1.54, 1.807) is 0 Å². The topological polar surface area (TPSA) is 0 Å². The zero-order valence-electron chi connectivity index (χ0n) is 11.4. The van der Waals surface area contributed by atoms with Gasteiger partial charge in [0.25, 0.3) is 0 Å². The molecule has 1 aromatic carbocycles. The van der Waals surface area contributed by atoms with Gasteiger partial charge in [-0.25, -0.2) is 0 Å². The highest BCUT2D eigenvalue weighted by Crippen LogP contribution is 2.06. The lowest BCUT2D eigenvalue weighted by Crippen LogP contribution is -1.82.